The number of hydrogen-bond donors (Lipinski definition) is 1. The summed E-state index contributed by atoms with van der Waals surface area (Å²) in [5.74, 6) is -1.19. The fraction of sp³-hybridized carbons (Fsp3) is 0.263. The van der Waals surface area contributed by atoms with Crippen LogP contribution in [0.25, 0.3) is 0 Å². The average molecular weight is 410 g/mol. The van der Waals surface area contributed by atoms with E-state index >= 15 is 0 Å². The fourth-order valence-electron chi connectivity index (χ4n) is 2.58. The van der Waals surface area contributed by atoms with Crippen LogP contribution in [0.2, 0.25) is 5.02 Å². The Labute approximate surface area is 163 Å². The fourth-order valence-corrected chi connectivity index (χ4v) is 3.65. The first-order valence-electron chi connectivity index (χ1n) is 8.07. The van der Waals surface area contributed by atoms with Crippen LogP contribution >= 0.6 is 11.6 Å². The van der Waals surface area contributed by atoms with E-state index in [9.17, 15) is 18.0 Å². The zero-order valence-electron chi connectivity index (χ0n) is 15.4. The molecule has 0 spiro atoms. The minimum atomic E-state index is -4.10. The molecule has 0 saturated heterocycles. The molecule has 0 fully saturated rings. The molecule has 8 heteroatoms. The van der Waals surface area contributed by atoms with Crippen molar-refractivity contribution in [3.63, 3.8) is 0 Å². The largest absolute Gasteiger partial charge is 0.451 e. The summed E-state index contributed by atoms with van der Waals surface area (Å²) in [7, 11) is -4.10. The molecule has 0 aliphatic carbocycles. The second-order valence-electron chi connectivity index (χ2n) is 6.35. The number of ether oxygens (including phenoxy) is 1. The van der Waals surface area contributed by atoms with Gasteiger partial charge in [0.2, 0.25) is 15.8 Å². The summed E-state index contributed by atoms with van der Waals surface area (Å²) < 4.78 is 28.3. The smallest absolute Gasteiger partial charge is 0.338 e. The van der Waals surface area contributed by atoms with Crippen molar-refractivity contribution in [2.45, 2.75) is 38.7 Å². The molecule has 0 amide bonds. The van der Waals surface area contributed by atoms with Gasteiger partial charge in [0.15, 0.2) is 6.10 Å². The zero-order chi connectivity index (χ0) is 20.5. The van der Waals surface area contributed by atoms with Gasteiger partial charge < -0.3 is 4.74 Å². The summed E-state index contributed by atoms with van der Waals surface area (Å²) >= 11 is 5.80. The van der Waals surface area contributed by atoms with Crippen molar-refractivity contribution < 1.29 is 22.7 Å². The number of esters is 1. The first-order valence-corrected chi connectivity index (χ1v) is 9.99. The number of carbonyl (C=O) groups is 2. The molecular weight excluding hydrogens is 390 g/mol. The molecule has 2 rings (SSSR count). The molecule has 0 bridgehead atoms. The third-order valence-electron chi connectivity index (χ3n) is 4.23. The standard InChI is InChI=1S/C19H20ClNO5S/c1-10-7-12(3)15(8-11(10)2)18(22)13(4)26-19(23)14-5-6-16(20)17(9-14)27(21,24)25/h5-9,13H,1-4H3,(H2,21,24,25). The number of halogens is 1. The molecule has 27 heavy (non-hydrogen) atoms. The van der Waals surface area contributed by atoms with Crippen LogP contribution in [0, 0.1) is 20.8 Å². The first kappa shape index (κ1) is 21.1. The summed E-state index contributed by atoms with van der Waals surface area (Å²) in [5, 5.41) is 4.97. The average Bonchev–Trinajstić information content (AvgIpc) is 2.56. The molecular formula is C19H20ClNO5S. The highest BCUT2D eigenvalue weighted by Gasteiger charge is 2.24. The van der Waals surface area contributed by atoms with Crippen LogP contribution in [0.3, 0.4) is 0 Å². The molecule has 0 aliphatic heterocycles. The van der Waals surface area contributed by atoms with E-state index in [1.165, 1.54) is 19.1 Å². The topological polar surface area (TPSA) is 104 Å². The number of rotatable bonds is 5. The van der Waals surface area contributed by atoms with Crippen molar-refractivity contribution in [2.75, 3.05) is 0 Å². The molecule has 0 heterocycles. The maximum atomic E-state index is 12.7. The second kappa shape index (κ2) is 7.80. The van der Waals surface area contributed by atoms with Crippen molar-refractivity contribution in [1.29, 1.82) is 0 Å². The number of hydrogen-bond acceptors (Lipinski definition) is 5. The molecule has 2 aromatic rings. The number of benzene rings is 2. The molecule has 0 aromatic heterocycles. The summed E-state index contributed by atoms with van der Waals surface area (Å²) in [6.45, 7) is 7.12. The van der Waals surface area contributed by atoms with Gasteiger partial charge in [0.25, 0.3) is 0 Å². The van der Waals surface area contributed by atoms with Gasteiger partial charge in [-0.1, -0.05) is 17.7 Å². The van der Waals surface area contributed by atoms with Crippen LogP contribution in [0.4, 0.5) is 0 Å². The molecule has 144 valence electrons. The normalized spacial score (nSPS) is 12.5. The Morgan fingerprint density at radius 1 is 1.04 bits per heavy atom. The van der Waals surface area contributed by atoms with Crippen molar-refractivity contribution in [3.05, 3.63) is 63.2 Å². The van der Waals surface area contributed by atoms with Gasteiger partial charge in [-0.15, -0.1) is 0 Å². The van der Waals surface area contributed by atoms with E-state index in [1.54, 1.807) is 6.07 Å². The lowest BCUT2D eigenvalue weighted by atomic mass is 9.96. The van der Waals surface area contributed by atoms with E-state index in [0.29, 0.717) is 5.56 Å². The van der Waals surface area contributed by atoms with E-state index in [4.69, 9.17) is 21.5 Å². The molecule has 0 aliphatic rings. The first-order chi connectivity index (χ1) is 12.4. The monoisotopic (exact) mass is 409 g/mol. The maximum Gasteiger partial charge on any atom is 0.338 e. The van der Waals surface area contributed by atoms with Crippen molar-refractivity contribution in [3.8, 4) is 0 Å². The molecule has 6 nitrogen and oxygen atoms in total. The number of ketones is 1. The predicted molar refractivity (Wildman–Crippen MR) is 103 cm³/mol. The van der Waals surface area contributed by atoms with E-state index < -0.39 is 22.1 Å². The Morgan fingerprint density at radius 3 is 2.22 bits per heavy atom. The van der Waals surface area contributed by atoms with Gasteiger partial charge in [-0.2, -0.15) is 0 Å². The summed E-state index contributed by atoms with van der Waals surface area (Å²) in [6.07, 6.45) is -1.05. The quantitative estimate of drug-likeness (QED) is 0.602. The number of sulfonamides is 1. The van der Waals surface area contributed by atoms with E-state index in [0.717, 1.165) is 22.8 Å². The predicted octanol–water partition coefficient (Wildman–Crippen LogP) is 3.34. The number of carbonyl (C=O) groups excluding carboxylic acids is 2. The highest BCUT2D eigenvalue weighted by Crippen LogP contribution is 2.23. The maximum absolute atomic E-state index is 12.7. The number of Topliss-reactive ketones (excluding diaryl/α,β-unsaturated/α-hetero) is 1. The summed E-state index contributed by atoms with van der Waals surface area (Å²) in [6, 6.07) is 7.22. The van der Waals surface area contributed by atoms with Crippen molar-refractivity contribution >= 4 is 33.4 Å². The van der Waals surface area contributed by atoms with Crippen LogP contribution in [-0.4, -0.2) is 26.3 Å². The molecule has 1 unspecified atom stereocenters. The molecule has 2 N–H and O–H groups in total. The van der Waals surface area contributed by atoms with Gasteiger partial charge in [0, 0.05) is 5.56 Å². The van der Waals surface area contributed by atoms with Gasteiger partial charge in [0.1, 0.15) is 4.90 Å². The van der Waals surface area contributed by atoms with Gasteiger partial charge in [-0.05, 0) is 68.7 Å². The molecule has 2 aromatic carbocycles. The SMILES string of the molecule is Cc1cc(C)c(C(=O)C(C)OC(=O)c2ccc(Cl)c(S(N)(=O)=O)c2)cc1C. The second-order valence-corrected chi connectivity index (χ2v) is 8.29. The molecule has 0 saturated carbocycles. The summed E-state index contributed by atoms with van der Waals surface area (Å²) in [5.41, 5.74) is 3.21. The van der Waals surface area contributed by atoms with Crippen LogP contribution in [0.5, 0.6) is 0 Å². The van der Waals surface area contributed by atoms with Gasteiger partial charge in [-0.3, -0.25) is 4.79 Å². The Bertz CT molecular complexity index is 1030. The third kappa shape index (κ3) is 4.74. The van der Waals surface area contributed by atoms with E-state index in [1.807, 2.05) is 26.8 Å². The third-order valence-corrected chi connectivity index (χ3v) is 5.63. The Balaban J connectivity index is 2.26. The Kier molecular flexibility index (Phi) is 6.09. The van der Waals surface area contributed by atoms with Gasteiger partial charge >= 0.3 is 5.97 Å². The zero-order valence-corrected chi connectivity index (χ0v) is 16.9. The number of aryl methyl sites for hydroxylation is 3. The number of nitrogens with two attached hydrogens (primary N) is 1. The van der Waals surface area contributed by atoms with E-state index in [-0.39, 0.29) is 21.3 Å². The highest BCUT2D eigenvalue weighted by atomic mass is 35.5. The van der Waals surface area contributed by atoms with Crippen LogP contribution in [0.15, 0.2) is 35.2 Å². The minimum absolute atomic E-state index is 0.0696. The molecule has 1 atom stereocenters. The Morgan fingerprint density at radius 2 is 1.63 bits per heavy atom. The number of primary sulfonamides is 1. The highest BCUT2D eigenvalue weighted by molar-refractivity contribution is 7.89. The lowest BCUT2D eigenvalue weighted by Crippen LogP contribution is -2.25. The minimum Gasteiger partial charge on any atom is -0.451 e. The van der Waals surface area contributed by atoms with Crippen LogP contribution in [-0.2, 0) is 14.8 Å². The van der Waals surface area contributed by atoms with Gasteiger partial charge in [0.05, 0.1) is 10.6 Å². The molecule has 0 radical (unpaired) electrons. The summed E-state index contributed by atoms with van der Waals surface area (Å²) in [4.78, 5) is 24.6. The Hall–Kier alpha value is -2.22. The van der Waals surface area contributed by atoms with Crippen LogP contribution < -0.4 is 5.14 Å². The lowest BCUT2D eigenvalue weighted by molar-refractivity contribution is 0.0318. The van der Waals surface area contributed by atoms with Crippen molar-refractivity contribution in [2.24, 2.45) is 5.14 Å². The van der Waals surface area contributed by atoms with E-state index in [2.05, 4.69) is 0 Å². The van der Waals surface area contributed by atoms with Crippen LogP contribution in [0.1, 0.15) is 44.3 Å². The van der Waals surface area contributed by atoms with Gasteiger partial charge in [-0.25, -0.2) is 18.4 Å². The van der Waals surface area contributed by atoms with Crippen molar-refractivity contribution in [1.82, 2.24) is 0 Å². The lowest BCUT2D eigenvalue weighted by Gasteiger charge is -2.15.